The molecule has 3 nitrogen and oxygen atoms in total. The second kappa shape index (κ2) is 5.60. The van der Waals surface area contributed by atoms with Crippen LogP contribution in [0.1, 0.15) is 33.8 Å². The van der Waals surface area contributed by atoms with Crippen molar-refractivity contribution in [1.82, 2.24) is 4.90 Å². The number of likely N-dealkylation sites (tertiary alicyclic amines) is 1. The van der Waals surface area contributed by atoms with E-state index >= 15 is 0 Å². The molecule has 1 amide bonds. The van der Waals surface area contributed by atoms with Crippen LogP contribution in [-0.2, 0) is 0 Å². The van der Waals surface area contributed by atoms with E-state index in [1.54, 1.807) is 18.2 Å². The maximum absolute atomic E-state index is 12.5. The minimum absolute atomic E-state index is 0.0523. The highest BCUT2D eigenvalue weighted by atomic mass is 16.3. The van der Waals surface area contributed by atoms with Crippen LogP contribution in [0, 0.1) is 6.92 Å². The van der Waals surface area contributed by atoms with Crippen molar-refractivity contribution in [2.24, 2.45) is 0 Å². The van der Waals surface area contributed by atoms with Crippen molar-refractivity contribution in [3.05, 3.63) is 65.2 Å². The van der Waals surface area contributed by atoms with Crippen LogP contribution >= 0.6 is 0 Å². The molecular weight excluding hydrogens is 262 g/mol. The summed E-state index contributed by atoms with van der Waals surface area (Å²) in [5.74, 6) is 0.708. The Morgan fingerprint density at radius 3 is 2.67 bits per heavy atom. The van der Waals surface area contributed by atoms with E-state index in [0.717, 1.165) is 25.1 Å². The summed E-state index contributed by atoms with van der Waals surface area (Å²) >= 11 is 0. The highest BCUT2D eigenvalue weighted by Gasteiger charge is 2.27. The van der Waals surface area contributed by atoms with Crippen molar-refractivity contribution < 1.29 is 9.90 Å². The normalized spacial score (nSPS) is 18.0. The Morgan fingerprint density at radius 1 is 1.19 bits per heavy atom. The average molecular weight is 281 g/mol. The summed E-state index contributed by atoms with van der Waals surface area (Å²) in [6, 6.07) is 15.4. The van der Waals surface area contributed by atoms with Gasteiger partial charge in [0.15, 0.2) is 0 Å². The van der Waals surface area contributed by atoms with Crippen LogP contribution in [0.15, 0.2) is 48.5 Å². The minimum Gasteiger partial charge on any atom is -0.508 e. The lowest BCUT2D eigenvalue weighted by atomic mass is 9.99. The zero-order valence-corrected chi connectivity index (χ0v) is 12.1. The number of rotatable bonds is 2. The molecular formula is C18H19NO2. The van der Waals surface area contributed by atoms with Crippen molar-refractivity contribution in [3.8, 4) is 5.75 Å². The predicted molar refractivity (Wildman–Crippen MR) is 82.5 cm³/mol. The highest BCUT2D eigenvalue weighted by Crippen LogP contribution is 2.28. The molecule has 2 aromatic rings. The van der Waals surface area contributed by atoms with Gasteiger partial charge in [0, 0.05) is 24.6 Å². The maximum atomic E-state index is 12.5. The fraction of sp³-hybridized carbons (Fsp3) is 0.278. The van der Waals surface area contributed by atoms with Gasteiger partial charge >= 0.3 is 0 Å². The van der Waals surface area contributed by atoms with E-state index in [9.17, 15) is 9.90 Å². The van der Waals surface area contributed by atoms with Gasteiger partial charge in [0.2, 0.25) is 0 Å². The first-order valence-corrected chi connectivity index (χ1v) is 7.29. The molecule has 1 atom stereocenters. The second-order valence-electron chi connectivity index (χ2n) is 5.65. The molecule has 0 aromatic heterocycles. The Morgan fingerprint density at radius 2 is 1.95 bits per heavy atom. The SMILES string of the molecule is Cc1cc(C(=O)N2CCC(c3ccccc3)C2)ccc1O. The van der Waals surface area contributed by atoms with Gasteiger partial charge in [-0.05, 0) is 42.7 Å². The largest absolute Gasteiger partial charge is 0.508 e. The number of carbonyl (C=O) groups excluding carboxylic acids is 1. The topological polar surface area (TPSA) is 40.5 Å². The van der Waals surface area contributed by atoms with Crippen molar-refractivity contribution >= 4 is 5.91 Å². The lowest BCUT2D eigenvalue weighted by Crippen LogP contribution is -2.28. The van der Waals surface area contributed by atoms with Crippen LogP contribution in [-0.4, -0.2) is 29.0 Å². The van der Waals surface area contributed by atoms with Gasteiger partial charge < -0.3 is 10.0 Å². The van der Waals surface area contributed by atoms with Crippen molar-refractivity contribution in [2.75, 3.05) is 13.1 Å². The molecule has 108 valence electrons. The van der Waals surface area contributed by atoms with Gasteiger partial charge in [-0.3, -0.25) is 4.79 Å². The van der Waals surface area contributed by atoms with Gasteiger partial charge in [-0.2, -0.15) is 0 Å². The van der Waals surface area contributed by atoms with Crippen LogP contribution in [0.2, 0.25) is 0 Å². The smallest absolute Gasteiger partial charge is 0.253 e. The van der Waals surface area contributed by atoms with Crippen LogP contribution < -0.4 is 0 Å². The molecule has 1 heterocycles. The van der Waals surface area contributed by atoms with Gasteiger partial charge in [-0.15, -0.1) is 0 Å². The molecule has 1 aliphatic rings. The lowest BCUT2D eigenvalue weighted by Gasteiger charge is -2.17. The Kier molecular flexibility index (Phi) is 3.65. The monoisotopic (exact) mass is 281 g/mol. The summed E-state index contributed by atoms with van der Waals surface area (Å²) < 4.78 is 0. The molecule has 0 saturated carbocycles. The maximum Gasteiger partial charge on any atom is 0.253 e. The number of phenolic OH excluding ortho intramolecular Hbond substituents is 1. The van der Waals surface area contributed by atoms with Gasteiger partial charge in [0.1, 0.15) is 5.75 Å². The molecule has 21 heavy (non-hydrogen) atoms. The molecule has 2 aromatic carbocycles. The summed E-state index contributed by atoms with van der Waals surface area (Å²) in [5, 5.41) is 9.56. The van der Waals surface area contributed by atoms with E-state index in [0.29, 0.717) is 11.5 Å². The molecule has 0 radical (unpaired) electrons. The zero-order valence-electron chi connectivity index (χ0n) is 12.1. The molecule has 1 aliphatic heterocycles. The number of nitrogens with zero attached hydrogens (tertiary/aromatic N) is 1. The van der Waals surface area contributed by atoms with E-state index in [-0.39, 0.29) is 11.7 Å². The first kappa shape index (κ1) is 13.7. The van der Waals surface area contributed by atoms with E-state index < -0.39 is 0 Å². The number of phenols is 1. The molecule has 1 unspecified atom stereocenters. The van der Waals surface area contributed by atoms with Crippen molar-refractivity contribution in [1.29, 1.82) is 0 Å². The van der Waals surface area contributed by atoms with Crippen molar-refractivity contribution in [3.63, 3.8) is 0 Å². The Balaban J connectivity index is 1.74. The molecule has 0 bridgehead atoms. The molecule has 0 aliphatic carbocycles. The van der Waals surface area contributed by atoms with E-state index in [1.165, 1.54) is 5.56 Å². The van der Waals surface area contributed by atoms with Crippen LogP contribution in [0.5, 0.6) is 5.75 Å². The quantitative estimate of drug-likeness (QED) is 0.917. The molecule has 1 N–H and O–H groups in total. The number of carbonyl (C=O) groups is 1. The first-order chi connectivity index (χ1) is 10.1. The standard InChI is InChI=1S/C18H19NO2/c1-13-11-15(7-8-17(13)20)18(21)19-10-9-16(12-19)14-5-3-2-4-6-14/h2-8,11,16,20H,9-10,12H2,1H3. The molecule has 1 saturated heterocycles. The number of amides is 1. The van der Waals surface area contributed by atoms with Crippen LogP contribution in [0.25, 0.3) is 0 Å². The molecule has 0 spiro atoms. The third-order valence-electron chi connectivity index (χ3n) is 4.19. The number of aryl methyl sites for hydroxylation is 1. The van der Waals surface area contributed by atoms with Gasteiger partial charge in [0.05, 0.1) is 0 Å². The van der Waals surface area contributed by atoms with E-state index in [4.69, 9.17) is 0 Å². The first-order valence-electron chi connectivity index (χ1n) is 7.29. The Labute approximate surface area is 124 Å². The highest BCUT2D eigenvalue weighted by molar-refractivity contribution is 5.94. The number of hydrogen-bond donors (Lipinski definition) is 1. The van der Waals surface area contributed by atoms with Gasteiger partial charge in [-0.1, -0.05) is 30.3 Å². The van der Waals surface area contributed by atoms with Gasteiger partial charge in [-0.25, -0.2) is 0 Å². The fourth-order valence-corrected chi connectivity index (χ4v) is 2.91. The number of aromatic hydroxyl groups is 1. The van der Waals surface area contributed by atoms with Crippen LogP contribution in [0.4, 0.5) is 0 Å². The van der Waals surface area contributed by atoms with E-state index in [1.807, 2.05) is 30.0 Å². The molecule has 1 fully saturated rings. The zero-order chi connectivity index (χ0) is 14.8. The molecule has 3 heteroatoms. The minimum atomic E-state index is 0.0523. The van der Waals surface area contributed by atoms with Crippen molar-refractivity contribution in [2.45, 2.75) is 19.3 Å². The second-order valence-corrected chi connectivity index (χ2v) is 5.65. The predicted octanol–water partition coefficient (Wildman–Crippen LogP) is 3.33. The van der Waals surface area contributed by atoms with Gasteiger partial charge in [0.25, 0.3) is 5.91 Å². The number of hydrogen-bond acceptors (Lipinski definition) is 2. The summed E-state index contributed by atoms with van der Waals surface area (Å²) in [6.45, 7) is 3.37. The third kappa shape index (κ3) is 2.77. The van der Waals surface area contributed by atoms with Crippen LogP contribution in [0.3, 0.4) is 0 Å². The summed E-state index contributed by atoms with van der Waals surface area (Å²) in [6.07, 6.45) is 1.01. The average Bonchev–Trinajstić information content (AvgIpc) is 3.00. The third-order valence-corrected chi connectivity index (χ3v) is 4.19. The summed E-state index contributed by atoms with van der Waals surface area (Å²) in [7, 11) is 0. The molecule has 3 rings (SSSR count). The summed E-state index contributed by atoms with van der Waals surface area (Å²) in [5.41, 5.74) is 2.69. The summed E-state index contributed by atoms with van der Waals surface area (Å²) in [4.78, 5) is 14.4. The fourth-order valence-electron chi connectivity index (χ4n) is 2.91. The number of benzene rings is 2. The Hall–Kier alpha value is -2.29. The van der Waals surface area contributed by atoms with E-state index in [2.05, 4.69) is 12.1 Å². The lowest BCUT2D eigenvalue weighted by molar-refractivity contribution is 0.0790. The Bertz CT molecular complexity index is 652.